The van der Waals surface area contributed by atoms with Gasteiger partial charge < -0.3 is 0 Å². The Morgan fingerprint density at radius 1 is 0.950 bits per heavy atom. The maximum Gasteiger partial charge on any atom is 0.402 e. The van der Waals surface area contributed by atoms with Crippen LogP contribution in [0.5, 0.6) is 0 Å². The Hall–Kier alpha value is -0.170. The van der Waals surface area contributed by atoms with E-state index in [1.165, 1.54) is 0 Å². The Bertz CT molecular complexity index is 321. The molecule has 122 valence electrons. The summed E-state index contributed by atoms with van der Waals surface area (Å²) < 4.78 is 36.5. The molecule has 1 unspecified atom stereocenters. The third-order valence-electron chi connectivity index (χ3n) is 3.90. The number of nitrogens with zero attached hydrogens (tertiary/aromatic N) is 1. The molecule has 1 N–H and O–H groups in total. The van der Waals surface area contributed by atoms with E-state index in [1.807, 2.05) is 0 Å². The quantitative estimate of drug-likeness (QED) is 0.341. The Kier molecular flexibility index (Phi) is 9.63. The molecule has 0 radical (unpaired) electrons. The summed E-state index contributed by atoms with van der Waals surface area (Å²) in [6.07, 6.45) is 5.77. The molecule has 0 bridgehead atoms. The number of hydrogen-bond donors (Lipinski definition) is 1. The van der Waals surface area contributed by atoms with E-state index >= 15 is 0 Å². The molecular formula is C14H32NO4S+. The van der Waals surface area contributed by atoms with Crippen LogP contribution in [0.25, 0.3) is 0 Å². The van der Waals surface area contributed by atoms with E-state index in [1.54, 1.807) is 6.92 Å². The molecule has 0 fully saturated rings. The topological polar surface area (TPSA) is 63.6 Å². The van der Waals surface area contributed by atoms with Gasteiger partial charge in [0.05, 0.1) is 19.6 Å². The van der Waals surface area contributed by atoms with Crippen molar-refractivity contribution in [1.82, 2.24) is 0 Å². The van der Waals surface area contributed by atoms with Crippen molar-refractivity contribution in [2.45, 2.75) is 72.4 Å². The number of rotatable bonds is 12. The smallest absolute Gasteiger partial charge is 0.298 e. The van der Waals surface area contributed by atoms with Crippen molar-refractivity contribution in [3.63, 3.8) is 0 Å². The van der Waals surface area contributed by atoms with Crippen molar-refractivity contribution in [2.24, 2.45) is 0 Å². The van der Waals surface area contributed by atoms with Crippen molar-refractivity contribution >= 4 is 10.4 Å². The largest absolute Gasteiger partial charge is 0.402 e. The highest BCUT2D eigenvalue weighted by molar-refractivity contribution is 7.80. The normalized spacial score (nSPS) is 14.4. The van der Waals surface area contributed by atoms with E-state index in [0.29, 0.717) is 4.48 Å². The van der Waals surface area contributed by atoms with Gasteiger partial charge in [-0.25, -0.2) is 0 Å². The third-order valence-corrected chi connectivity index (χ3v) is 4.42. The summed E-state index contributed by atoms with van der Waals surface area (Å²) in [7, 11) is -4.40. The Morgan fingerprint density at radius 3 is 1.55 bits per heavy atom. The van der Waals surface area contributed by atoms with Crippen molar-refractivity contribution < 1.29 is 21.6 Å². The minimum Gasteiger partial charge on any atom is -0.298 e. The molecule has 6 heteroatoms. The lowest BCUT2D eigenvalue weighted by molar-refractivity contribution is -0.966. The van der Waals surface area contributed by atoms with Gasteiger partial charge in [0.2, 0.25) is 6.23 Å². The van der Waals surface area contributed by atoms with Gasteiger partial charge in [-0.2, -0.15) is 12.6 Å². The van der Waals surface area contributed by atoms with Crippen LogP contribution in [0.4, 0.5) is 0 Å². The number of hydrogen-bond acceptors (Lipinski definition) is 3. The summed E-state index contributed by atoms with van der Waals surface area (Å²) in [6.45, 7) is 10.8. The van der Waals surface area contributed by atoms with Gasteiger partial charge >= 0.3 is 10.4 Å². The zero-order valence-electron chi connectivity index (χ0n) is 13.5. The molecule has 0 heterocycles. The predicted octanol–water partition coefficient (Wildman–Crippen LogP) is 3.37. The monoisotopic (exact) mass is 310 g/mol. The number of quaternary nitrogens is 1. The van der Waals surface area contributed by atoms with Crippen LogP contribution in [0, 0.1) is 0 Å². The second-order valence-electron chi connectivity index (χ2n) is 5.57. The molecule has 0 saturated carbocycles. The first-order chi connectivity index (χ1) is 9.31. The molecule has 0 aliphatic carbocycles. The summed E-state index contributed by atoms with van der Waals surface area (Å²) in [4.78, 5) is 0. The van der Waals surface area contributed by atoms with Gasteiger partial charge in [0.25, 0.3) is 0 Å². The molecule has 0 spiro atoms. The maximum atomic E-state index is 11.0. The molecule has 0 aromatic rings. The highest BCUT2D eigenvalue weighted by atomic mass is 32.3. The van der Waals surface area contributed by atoms with Gasteiger partial charge in [-0.1, -0.05) is 40.0 Å². The molecule has 0 aromatic carbocycles. The highest BCUT2D eigenvalue weighted by Gasteiger charge is 2.35. The SMILES string of the molecule is CCCC[N+](CCCC)(CCCC)C(C)OS(=O)(=O)O. The first kappa shape index (κ1) is 19.8. The van der Waals surface area contributed by atoms with Gasteiger partial charge in [0, 0.05) is 6.92 Å². The molecule has 1 atom stereocenters. The standard InChI is InChI=1S/C14H31NO4S/c1-5-8-11-15(12-9-6-2,13-10-7-3)14(4)19-20(16,17)18/h14H,5-13H2,1-4H3/p+1. The van der Waals surface area contributed by atoms with Crippen LogP contribution < -0.4 is 0 Å². The Balaban J connectivity index is 5.09. The summed E-state index contributed by atoms with van der Waals surface area (Å²) >= 11 is 0. The zero-order valence-corrected chi connectivity index (χ0v) is 14.3. The summed E-state index contributed by atoms with van der Waals surface area (Å²) in [5, 5.41) is 0. The van der Waals surface area contributed by atoms with Crippen LogP contribution in [0.1, 0.15) is 66.2 Å². The van der Waals surface area contributed by atoms with Crippen molar-refractivity contribution in [3.05, 3.63) is 0 Å². The average molecular weight is 310 g/mol. The van der Waals surface area contributed by atoms with Crippen LogP contribution in [0.15, 0.2) is 0 Å². The molecule has 5 nitrogen and oxygen atoms in total. The minimum atomic E-state index is -4.40. The second kappa shape index (κ2) is 9.71. The fraction of sp³-hybridized carbons (Fsp3) is 1.00. The lowest BCUT2D eigenvalue weighted by Crippen LogP contribution is -2.57. The Morgan fingerprint density at radius 2 is 1.30 bits per heavy atom. The molecule has 0 aliphatic heterocycles. The molecule has 0 rings (SSSR count). The maximum absolute atomic E-state index is 11.0. The number of unbranched alkanes of at least 4 members (excludes halogenated alkanes) is 3. The predicted molar refractivity (Wildman–Crippen MR) is 81.7 cm³/mol. The average Bonchev–Trinajstić information content (AvgIpc) is 2.36. The summed E-state index contributed by atoms with van der Waals surface area (Å²) in [6, 6.07) is 0. The van der Waals surface area contributed by atoms with Crippen molar-refractivity contribution in [1.29, 1.82) is 0 Å². The Labute approximate surface area is 124 Å². The fourth-order valence-electron chi connectivity index (χ4n) is 2.57. The lowest BCUT2D eigenvalue weighted by Gasteiger charge is -2.42. The molecule has 20 heavy (non-hydrogen) atoms. The second-order valence-corrected chi connectivity index (χ2v) is 6.62. The van der Waals surface area contributed by atoms with Crippen molar-refractivity contribution in [2.75, 3.05) is 19.6 Å². The van der Waals surface area contributed by atoms with Gasteiger partial charge in [0.15, 0.2) is 0 Å². The van der Waals surface area contributed by atoms with E-state index in [9.17, 15) is 8.42 Å². The van der Waals surface area contributed by atoms with E-state index in [4.69, 9.17) is 8.74 Å². The molecular weight excluding hydrogens is 278 g/mol. The first-order valence-corrected chi connectivity index (χ1v) is 9.19. The van der Waals surface area contributed by atoms with Crippen LogP contribution in [-0.2, 0) is 14.6 Å². The highest BCUT2D eigenvalue weighted by Crippen LogP contribution is 2.21. The van der Waals surface area contributed by atoms with Crippen LogP contribution in [0.3, 0.4) is 0 Å². The van der Waals surface area contributed by atoms with Crippen LogP contribution in [0.2, 0.25) is 0 Å². The van der Waals surface area contributed by atoms with Gasteiger partial charge in [-0.15, -0.1) is 0 Å². The minimum absolute atomic E-state index is 0.533. The molecule has 0 aliphatic rings. The molecule has 0 amide bonds. The van der Waals surface area contributed by atoms with E-state index < -0.39 is 16.6 Å². The van der Waals surface area contributed by atoms with E-state index in [0.717, 1.165) is 58.2 Å². The van der Waals surface area contributed by atoms with E-state index in [2.05, 4.69) is 20.8 Å². The van der Waals surface area contributed by atoms with Gasteiger partial charge in [0.1, 0.15) is 0 Å². The first-order valence-electron chi connectivity index (χ1n) is 7.82. The zero-order chi connectivity index (χ0) is 15.6. The van der Waals surface area contributed by atoms with Gasteiger partial charge in [-0.3, -0.25) is 9.04 Å². The molecule has 0 saturated heterocycles. The van der Waals surface area contributed by atoms with E-state index in [-0.39, 0.29) is 0 Å². The third kappa shape index (κ3) is 7.57. The molecule has 0 aromatic heterocycles. The van der Waals surface area contributed by atoms with Crippen LogP contribution in [-0.4, -0.2) is 43.3 Å². The van der Waals surface area contributed by atoms with Crippen LogP contribution >= 0.6 is 0 Å². The lowest BCUT2D eigenvalue weighted by atomic mass is 10.1. The summed E-state index contributed by atoms with van der Waals surface area (Å²) in [5.41, 5.74) is 0. The van der Waals surface area contributed by atoms with Gasteiger partial charge in [-0.05, 0) is 19.3 Å². The van der Waals surface area contributed by atoms with Crippen molar-refractivity contribution in [3.8, 4) is 0 Å². The summed E-state index contributed by atoms with van der Waals surface area (Å²) in [5.74, 6) is 0. The fourth-order valence-corrected chi connectivity index (χ4v) is 3.10.